The van der Waals surface area contributed by atoms with Crippen molar-refractivity contribution in [2.75, 3.05) is 5.08 Å². The molecule has 0 aliphatic rings. The first-order chi connectivity index (χ1) is 8.37. The highest BCUT2D eigenvalue weighted by atomic mass is 32.3. The molecule has 10 nitrogen and oxygen atoms in total. The van der Waals surface area contributed by atoms with Gasteiger partial charge in [0.25, 0.3) is 0 Å². The number of alkyl halides is 3. The van der Waals surface area contributed by atoms with Gasteiger partial charge in [-0.25, -0.2) is 33.7 Å². The fourth-order valence-electron chi connectivity index (χ4n) is 0.559. The lowest BCUT2D eigenvalue weighted by Crippen LogP contribution is -2.26. The Bertz CT molecular complexity index is 772. The zero-order valence-corrected chi connectivity index (χ0v) is 11.8. The van der Waals surface area contributed by atoms with Gasteiger partial charge in [-0.15, -0.1) is 3.89 Å². The highest BCUT2D eigenvalue weighted by Crippen LogP contribution is 2.30. The lowest BCUT2D eigenvalue weighted by Gasteiger charge is -2.24. The van der Waals surface area contributed by atoms with Crippen molar-refractivity contribution in [2.45, 2.75) is 5.51 Å². The van der Waals surface area contributed by atoms with Crippen LogP contribution in [0.15, 0.2) is 0 Å². The maximum atomic E-state index is 11.9. The van der Waals surface area contributed by atoms with E-state index < -0.39 is 51.1 Å². The fourth-order valence-corrected chi connectivity index (χ4v) is 5.80. The highest BCUT2D eigenvalue weighted by molar-refractivity contribution is 8.21. The molecule has 0 heterocycles. The average Bonchev–Trinajstić information content (AvgIpc) is 1.88. The van der Waals surface area contributed by atoms with Crippen molar-refractivity contribution >= 4 is 40.5 Å². The van der Waals surface area contributed by atoms with Crippen LogP contribution in [0.25, 0.3) is 8.25 Å². The van der Waals surface area contributed by atoms with Crippen molar-refractivity contribution < 1.29 is 50.7 Å². The molecule has 0 rings (SSSR count). The molecule has 0 aliphatic carbocycles. The van der Waals surface area contributed by atoms with E-state index >= 15 is 0 Å². The maximum absolute atomic E-state index is 11.9. The van der Waals surface area contributed by atoms with Crippen molar-refractivity contribution in [3.63, 3.8) is 0 Å². The third kappa shape index (κ3) is 6.74. The Hall–Kier alpha value is -0.560. The Morgan fingerprint density at radius 3 is 1.40 bits per heavy atom. The number of sulfonamides is 3. The van der Waals surface area contributed by atoms with Crippen LogP contribution in [0.1, 0.15) is 0 Å². The van der Waals surface area contributed by atoms with Gasteiger partial charge >= 0.3 is 5.51 Å². The van der Waals surface area contributed by atoms with Gasteiger partial charge in [-0.2, -0.15) is 13.2 Å². The molecule has 0 saturated heterocycles. The molecule has 20 heavy (non-hydrogen) atoms. The first kappa shape index (κ1) is 19.4. The predicted octanol–water partition coefficient (Wildman–Crippen LogP) is -0.585. The molecule has 0 unspecified atom stereocenters. The molecular weight excluding hydrogens is 384 g/mol. The second-order valence-corrected chi connectivity index (χ2v) is 9.46. The summed E-state index contributed by atoms with van der Waals surface area (Å²) < 4.78 is 133. The summed E-state index contributed by atoms with van der Waals surface area (Å²) in [4.78, 5) is 0. The van der Waals surface area contributed by atoms with Crippen LogP contribution in [0.5, 0.6) is 0 Å². The summed E-state index contributed by atoms with van der Waals surface area (Å²) in [6.45, 7) is 0. The monoisotopic (exact) mass is 386 g/mol. The molecule has 0 aromatic rings. The van der Waals surface area contributed by atoms with Crippen molar-refractivity contribution in [1.82, 2.24) is 0 Å². The molecule has 18 heteroatoms. The molecule has 0 N–H and O–H groups in total. The zero-order chi connectivity index (χ0) is 16.6. The Balaban J connectivity index is 5.34. The number of hydrogen-bond acceptors (Lipinski definition) is 8. The third-order valence-electron chi connectivity index (χ3n) is 1.00. The van der Waals surface area contributed by atoms with E-state index in [2.05, 4.69) is 0 Å². The smallest absolute Gasteiger partial charge is 0.428 e. The van der Waals surface area contributed by atoms with Gasteiger partial charge in [0.15, 0.2) is 10.0 Å². The topological polar surface area (TPSA) is 165 Å². The highest BCUT2D eigenvalue weighted by Gasteiger charge is 2.40. The van der Waals surface area contributed by atoms with Gasteiger partial charge in [-0.05, 0) is 0 Å². The van der Waals surface area contributed by atoms with Crippen LogP contribution in [-0.4, -0.2) is 44.3 Å². The molecule has 0 atom stereocenters. The Labute approximate surface area is 110 Å². The van der Waals surface area contributed by atoms with Gasteiger partial charge in [0.2, 0.25) is 10.4 Å². The van der Waals surface area contributed by atoms with E-state index in [1.165, 1.54) is 8.25 Å². The summed E-state index contributed by atoms with van der Waals surface area (Å²) in [5.41, 5.74) is -6.13. The summed E-state index contributed by atoms with van der Waals surface area (Å²) in [6.07, 6.45) is 0. The van der Waals surface area contributed by atoms with Gasteiger partial charge < -0.3 is 8.25 Å². The van der Waals surface area contributed by atoms with Crippen molar-refractivity contribution in [2.24, 2.45) is 0 Å². The molecule has 0 aliphatic heterocycles. The first-order valence-corrected chi connectivity index (χ1v) is 9.57. The van der Waals surface area contributed by atoms with Crippen LogP contribution in [0.2, 0.25) is 0 Å². The standard InChI is InChI=1S/C2H2F4N2O8S4/c3-2(4,5)19(13,14)7-17(9,10)1-18(11,12)8-20(6,15)16/h1H2/q-2. The molecule has 0 bridgehead atoms. The predicted molar refractivity (Wildman–Crippen MR) is 54.4 cm³/mol. The summed E-state index contributed by atoms with van der Waals surface area (Å²) >= 11 is 0. The van der Waals surface area contributed by atoms with Crippen LogP contribution < -0.4 is 0 Å². The van der Waals surface area contributed by atoms with Crippen LogP contribution >= 0.6 is 0 Å². The minimum atomic E-state index is -6.58. The van der Waals surface area contributed by atoms with Crippen molar-refractivity contribution in [1.29, 1.82) is 0 Å². The van der Waals surface area contributed by atoms with Crippen molar-refractivity contribution in [3.05, 3.63) is 8.25 Å². The number of hydrogen-bond donors (Lipinski definition) is 0. The van der Waals surface area contributed by atoms with Crippen LogP contribution in [0, 0.1) is 0 Å². The Kier molecular flexibility index (Phi) is 5.18. The minimum absolute atomic E-state index is 1.29. The number of halogens is 4. The largest absolute Gasteiger partial charge is 0.480 e. The minimum Gasteiger partial charge on any atom is -0.428 e. The zero-order valence-electron chi connectivity index (χ0n) is 8.51. The lowest BCUT2D eigenvalue weighted by atomic mass is 11.6. The lowest BCUT2D eigenvalue weighted by molar-refractivity contribution is -0.0425. The van der Waals surface area contributed by atoms with Crippen LogP contribution in [-0.2, 0) is 40.5 Å². The molecular formula is C2H2F4N2O8S4-2. The van der Waals surface area contributed by atoms with Gasteiger partial charge in [0, 0.05) is 0 Å². The van der Waals surface area contributed by atoms with E-state index in [1.54, 1.807) is 0 Å². The van der Waals surface area contributed by atoms with Gasteiger partial charge in [-0.3, -0.25) is 0 Å². The third-order valence-corrected chi connectivity index (χ3v) is 7.29. The van der Waals surface area contributed by atoms with E-state index in [0.717, 1.165) is 0 Å². The van der Waals surface area contributed by atoms with Crippen LogP contribution in [0.4, 0.5) is 17.1 Å². The van der Waals surface area contributed by atoms with Crippen LogP contribution in [0.3, 0.4) is 0 Å². The van der Waals surface area contributed by atoms with E-state index in [1.807, 2.05) is 0 Å². The molecule has 0 spiro atoms. The molecule has 122 valence electrons. The molecule has 0 saturated carbocycles. The van der Waals surface area contributed by atoms with Gasteiger partial charge in [-0.1, -0.05) is 0 Å². The maximum Gasteiger partial charge on any atom is 0.480 e. The second kappa shape index (κ2) is 5.33. The molecule has 0 aromatic heterocycles. The first-order valence-electron chi connectivity index (χ1n) is 3.57. The van der Waals surface area contributed by atoms with E-state index in [9.17, 15) is 50.7 Å². The number of rotatable bonds is 6. The van der Waals surface area contributed by atoms with E-state index in [4.69, 9.17) is 0 Å². The SMILES string of the molecule is O=S(=O)(F)[N-]S(=O)(=O)CS(=O)(=O)[N-]S(=O)(=O)C(F)(F)F. The summed E-state index contributed by atoms with van der Waals surface area (Å²) in [6, 6.07) is 0. The average molecular weight is 386 g/mol. The quantitative estimate of drug-likeness (QED) is 0.432. The Morgan fingerprint density at radius 1 is 0.750 bits per heavy atom. The summed E-state index contributed by atoms with van der Waals surface area (Å²) in [5, 5.41) is -2.58. The normalized spacial score (nSPS) is 15.2. The van der Waals surface area contributed by atoms with Gasteiger partial charge in [0.1, 0.15) is 5.08 Å². The van der Waals surface area contributed by atoms with Gasteiger partial charge in [0.05, 0.1) is 20.0 Å². The summed E-state index contributed by atoms with van der Waals surface area (Å²) in [5.74, 6) is 0. The van der Waals surface area contributed by atoms with E-state index in [0.29, 0.717) is 0 Å². The van der Waals surface area contributed by atoms with Crippen molar-refractivity contribution in [3.8, 4) is 0 Å². The van der Waals surface area contributed by atoms with E-state index in [-0.39, 0.29) is 0 Å². The Morgan fingerprint density at radius 2 is 1.10 bits per heavy atom. The molecule has 0 radical (unpaired) electrons. The second-order valence-electron chi connectivity index (χ2n) is 2.76. The summed E-state index contributed by atoms with van der Waals surface area (Å²) in [7, 11) is -24.2. The molecule has 0 amide bonds. The molecule has 0 fully saturated rings. The molecule has 0 aromatic carbocycles. The fraction of sp³-hybridized carbons (Fsp3) is 1.00. The number of nitrogens with zero attached hydrogens (tertiary/aromatic N) is 2.